The second-order valence-corrected chi connectivity index (χ2v) is 24.4. The Morgan fingerprint density at radius 2 is 0.901 bits per heavy atom. The quantitative estimate of drug-likeness (QED) is 0.0105. The summed E-state index contributed by atoms with van der Waals surface area (Å²) < 4.78 is 202. The molecule has 0 spiro atoms. The standard InChI is InChI=1S/C43H31N9O25S7.7Na/c1-73-21-7-10-25(28(16-21)78-76-74-56)46-52-38-33(83(67,68)69)17-24-23(41(38)54)9-11-27(43(24)84(70,71)72)48-50-37-31(81(61,62)63)14-19-15-32(82(64,65)66)39(42(55)34(19)35(37)44)51-45-20-6-8-22-18(12-20)13-29(79-77-75-57)36(40(22)53)49-47-26-4-2-3-5-30(26)80(58,59)60;;;;;;;/h2-17,53-57H,44H2,1H3,(H,58,59,60)(H,61,62,63)(H,64,65,66)(H,67,68,69)(H,70,71,72);;;;;;;/q;7*+1/p-7. The van der Waals surface area contributed by atoms with Gasteiger partial charge in [0.2, 0.25) is 0 Å². The Hall–Kier alpha value is -1.05. The number of hydrogen-bond donors (Lipinski definition) is 4. The Bertz CT molecular complexity index is 4820. The second kappa shape index (κ2) is 36.2. The van der Waals surface area contributed by atoms with Crippen LogP contribution in [0.3, 0.4) is 0 Å². The first-order valence-corrected chi connectivity index (χ1v) is 30.1. The number of anilines is 1. The van der Waals surface area contributed by atoms with E-state index in [2.05, 4.69) is 59.7 Å². The molecule has 440 valence electrons. The Morgan fingerprint density at radius 3 is 1.47 bits per heavy atom. The average Bonchev–Trinajstić information content (AvgIpc) is 0.798. The summed E-state index contributed by atoms with van der Waals surface area (Å²) in [6.45, 7) is 0. The number of nitrogens with zero attached hydrogens (tertiary/aromatic N) is 8. The van der Waals surface area contributed by atoms with Crippen molar-refractivity contribution in [3.05, 3.63) is 97.1 Å². The van der Waals surface area contributed by atoms with E-state index in [1.165, 1.54) is 43.5 Å². The number of phenols is 3. The number of nitrogen functional groups attached to an aromatic ring is 1. The van der Waals surface area contributed by atoms with Crippen molar-refractivity contribution in [2.24, 2.45) is 40.9 Å². The third kappa shape index (κ3) is 20.5. The number of methoxy groups -OCH3 is 1. The molecule has 8 rings (SSSR count). The summed E-state index contributed by atoms with van der Waals surface area (Å²) in [5.74, 6) is -3.20. The molecule has 0 saturated heterocycles. The van der Waals surface area contributed by atoms with Crippen LogP contribution in [0.25, 0.3) is 32.3 Å². The van der Waals surface area contributed by atoms with Crippen LogP contribution in [0.2, 0.25) is 0 Å². The van der Waals surface area contributed by atoms with Gasteiger partial charge in [-0.3, -0.25) is 10.1 Å². The molecule has 34 nitrogen and oxygen atoms in total. The van der Waals surface area contributed by atoms with E-state index in [0.717, 1.165) is 36.4 Å². The molecule has 0 fully saturated rings. The van der Waals surface area contributed by atoms with Gasteiger partial charge < -0.3 is 59.1 Å². The van der Waals surface area contributed by atoms with E-state index in [0.29, 0.717) is 18.2 Å². The summed E-state index contributed by atoms with van der Waals surface area (Å²) in [7, 11) is -27.2. The maximum Gasteiger partial charge on any atom is 1.00 e. The van der Waals surface area contributed by atoms with Gasteiger partial charge in [-0.1, -0.05) is 12.1 Å². The number of benzene rings is 8. The molecule has 8 aromatic carbocycles. The predicted molar refractivity (Wildman–Crippen MR) is 273 cm³/mol. The van der Waals surface area contributed by atoms with Gasteiger partial charge in [-0.25, -0.2) is 42.1 Å². The fourth-order valence-corrected chi connectivity index (χ4v) is 12.0. The fourth-order valence-electron chi connectivity index (χ4n) is 7.71. The number of rotatable bonds is 20. The van der Waals surface area contributed by atoms with E-state index < -0.39 is 154 Å². The molecular weight excluding hydrogens is 1430 g/mol. The van der Waals surface area contributed by atoms with Crippen molar-refractivity contribution in [3.63, 3.8) is 0 Å². The molecule has 8 aromatic rings. The number of phenolic OH excluding ortho intramolecular Hbond substituents is 3. The molecule has 48 heteroatoms. The molecule has 0 aliphatic carbocycles. The number of ether oxygens (including phenoxy) is 1. The van der Waals surface area contributed by atoms with Crippen LogP contribution in [-0.4, -0.2) is 87.3 Å². The summed E-state index contributed by atoms with van der Waals surface area (Å²) in [4.78, 5) is -7.05. The van der Waals surface area contributed by atoms with Crippen LogP contribution in [0.5, 0.6) is 23.0 Å². The van der Waals surface area contributed by atoms with Crippen LogP contribution in [-0.2, 0) is 69.3 Å². The Morgan fingerprint density at radius 1 is 0.429 bits per heavy atom. The third-order valence-corrected chi connectivity index (χ3v) is 16.8. The topological polar surface area (TPSA) is 564 Å². The number of nitrogens with two attached hydrogens (primary N) is 1. The van der Waals surface area contributed by atoms with Gasteiger partial charge in [-0.05, 0) is 95.7 Å². The van der Waals surface area contributed by atoms with Gasteiger partial charge in [-0.2, -0.15) is 13.8 Å². The summed E-state index contributed by atoms with van der Waals surface area (Å²) in [5.41, 5.74) is -0.967. The van der Waals surface area contributed by atoms with E-state index in [-0.39, 0.29) is 275 Å². The van der Waals surface area contributed by atoms with Gasteiger partial charge in [0, 0.05) is 16.2 Å². The molecule has 0 amide bonds. The number of azo groups is 4. The van der Waals surface area contributed by atoms with Gasteiger partial charge in [0.1, 0.15) is 96.2 Å². The zero-order chi connectivity index (χ0) is 61.4. The Balaban J connectivity index is 0.00000591. The zero-order valence-electron chi connectivity index (χ0n) is 47.6. The third-order valence-electron chi connectivity index (χ3n) is 11.2. The molecule has 0 aliphatic heterocycles. The van der Waals surface area contributed by atoms with Gasteiger partial charge in [0.25, 0.3) is 0 Å². The van der Waals surface area contributed by atoms with Crippen molar-refractivity contribution in [1.82, 2.24) is 0 Å². The predicted octanol–water partition coefficient (Wildman–Crippen LogP) is -14.5. The number of hydrogen-bond acceptors (Lipinski definition) is 36. The van der Waals surface area contributed by atoms with Gasteiger partial charge >= 0.3 is 207 Å². The molecule has 0 aliphatic rings. The maximum absolute atomic E-state index is 13.0. The maximum atomic E-state index is 13.0. The molecule has 0 radical (unpaired) electrons. The molecule has 5 N–H and O–H groups in total. The SMILES string of the molecule is COc1ccc(N=Nc2c(S(=O)(=O)[O-])cc3c(S(=O)(=O)[O-])c(N=Nc4c(S(=O)(=O)[O-])cc5cc(S(=O)(=O)[O-])c(N=Nc6ccc7c(O)c(N=Nc8ccccc8S(=O)(=O)[O-])c(SOO[O-])cc7c6)c(O)c5c4N)ccc3c2O)c(SOO[O-])c1.[Na+].[Na+].[Na+].[Na+].[Na+].[Na+].[Na+]. The van der Waals surface area contributed by atoms with Crippen LogP contribution in [0.1, 0.15) is 0 Å². The molecule has 0 heterocycles. The van der Waals surface area contributed by atoms with E-state index in [9.17, 15) is 90.7 Å². The number of fused-ring (bicyclic) bond motifs is 3. The molecule has 0 aromatic heterocycles. The van der Waals surface area contributed by atoms with Crippen LogP contribution < -0.4 is 228 Å². The van der Waals surface area contributed by atoms with Crippen molar-refractivity contribution in [1.29, 1.82) is 0 Å². The fraction of sp³-hybridized carbons (Fsp3) is 0.0233. The van der Waals surface area contributed by atoms with Gasteiger partial charge in [0.15, 0.2) is 17.2 Å². The second-order valence-electron chi connectivity index (χ2n) is 16.2. The van der Waals surface area contributed by atoms with Gasteiger partial charge in [-0.15, -0.1) is 35.8 Å². The van der Waals surface area contributed by atoms with Crippen LogP contribution in [0.15, 0.2) is 172 Å². The summed E-state index contributed by atoms with van der Waals surface area (Å²) >= 11 is 0.426. The normalized spacial score (nSPS) is 12.0. The molecule has 0 saturated carbocycles. The van der Waals surface area contributed by atoms with Crippen molar-refractivity contribution < 1.29 is 321 Å². The minimum absolute atomic E-state index is 0. The van der Waals surface area contributed by atoms with Crippen molar-refractivity contribution in [3.8, 4) is 23.0 Å². The van der Waals surface area contributed by atoms with Crippen LogP contribution in [0, 0.1) is 0 Å². The first-order chi connectivity index (χ1) is 39.4. The first-order valence-electron chi connectivity index (χ1n) is 21.6. The summed E-state index contributed by atoms with van der Waals surface area (Å²) in [6.07, 6.45) is 0. The molecule has 0 bridgehead atoms. The number of aromatic hydroxyl groups is 3. The largest absolute Gasteiger partial charge is 1.00 e. The zero-order valence-corrected chi connectivity index (χ0v) is 67.3. The van der Waals surface area contributed by atoms with E-state index in [1.54, 1.807) is 0 Å². The first kappa shape index (κ1) is 88.0. The Labute approximate surface area is 676 Å². The van der Waals surface area contributed by atoms with E-state index in [4.69, 9.17) is 10.5 Å². The molecule has 0 unspecified atom stereocenters. The van der Waals surface area contributed by atoms with Crippen molar-refractivity contribution >= 4 is 158 Å². The van der Waals surface area contributed by atoms with Crippen LogP contribution >= 0.6 is 24.1 Å². The molecular formula is C43H24N9Na7O25S7. The molecule has 91 heavy (non-hydrogen) atoms. The minimum Gasteiger partial charge on any atom is -0.744 e. The summed E-state index contributed by atoms with van der Waals surface area (Å²) in [5, 5.41) is 88.4. The average molecular weight is 1450 g/mol. The minimum atomic E-state index is -5.98. The monoisotopic (exact) mass is 1450 g/mol. The Kier molecular flexibility index (Phi) is 34.9. The van der Waals surface area contributed by atoms with Crippen LogP contribution in [0.4, 0.5) is 51.2 Å². The smallest absolute Gasteiger partial charge is 0.744 e. The van der Waals surface area contributed by atoms with E-state index in [1.807, 2.05) is 0 Å². The van der Waals surface area contributed by atoms with Crippen molar-refractivity contribution in [2.45, 2.75) is 34.3 Å². The van der Waals surface area contributed by atoms with E-state index >= 15 is 0 Å². The van der Waals surface area contributed by atoms with Gasteiger partial charge in [0.05, 0.1) is 82.2 Å². The van der Waals surface area contributed by atoms with Crippen molar-refractivity contribution in [2.75, 3.05) is 12.8 Å². The molecule has 0 atom stereocenters. The summed E-state index contributed by atoms with van der Waals surface area (Å²) in [6, 6.07) is 15.4.